The van der Waals surface area contributed by atoms with Crippen molar-refractivity contribution in [2.75, 3.05) is 6.54 Å². The van der Waals surface area contributed by atoms with Gasteiger partial charge < -0.3 is 16.0 Å². The smallest absolute Gasteiger partial charge is 0.344 e. The van der Waals surface area contributed by atoms with Crippen LogP contribution in [-0.4, -0.2) is 48.2 Å². The van der Waals surface area contributed by atoms with Crippen LogP contribution in [0.5, 0.6) is 0 Å². The zero-order valence-corrected chi connectivity index (χ0v) is 22.5. The van der Waals surface area contributed by atoms with Crippen LogP contribution in [0.4, 0.5) is 22.0 Å². The van der Waals surface area contributed by atoms with Crippen LogP contribution in [0.15, 0.2) is 54.6 Å². The van der Waals surface area contributed by atoms with E-state index in [9.17, 15) is 41.1 Å². The van der Waals surface area contributed by atoms with Crippen molar-refractivity contribution < 1.29 is 41.1 Å². The van der Waals surface area contributed by atoms with Crippen molar-refractivity contribution in [2.24, 2.45) is 5.92 Å². The highest BCUT2D eigenvalue weighted by atomic mass is 35.5. The maximum atomic E-state index is 14.5. The lowest BCUT2D eigenvalue weighted by Gasteiger charge is -2.27. The molecule has 0 fully saturated rings. The Bertz CT molecular complexity index is 1250. The minimum Gasteiger partial charge on any atom is -0.344 e. The van der Waals surface area contributed by atoms with E-state index in [2.05, 4.69) is 10.6 Å². The number of alkyl halides is 5. The highest BCUT2D eigenvalue weighted by molar-refractivity contribution is 6.34. The Morgan fingerprint density at radius 2 is 1.48 bits per heavy atom. The lowest BCUT2D eigenvalue weighted by molar-refractivity contribution is -0.165. The first-order valence-electron chi connectivity index (χ1n) is 11.6. The Morgan fingerprint density at radius 3 is 2.00 bits per heavy atom. The van der Waals surface area contributed by atoms with Crippen LogP contribution < -0.4 is 16.0 Å². The summed E-state index contributed by atoms with van der Waals surface area (Å²) in [6, 6.07) is 8.63. The van der Waals surface area contributed by atoms with E-state index in [1.807, 2.05) is 0 Å². The number of Topliss-reactive ketones (excluding diaryl/α,β-unsaturated/α-hetero) is 1. The van der Waals surface area contributed by atoms with Crippen LogP contribution in [0, 0.1) is 5.92 Å². The molecule has 3 N–H and O–H groups in total. The van der Waals surface area contributed by atoms with E-state index < -0.39 is 60.1 Å². The van der Waals surface area contributed by atoms with Gasteiger partial charge in [0.2, 0.25) is 17.6 Å². The molecule has 216 valence electrons. The molecule has 2 aromatic carbocycles. The van der Waals surface area contributed by atoms with Crippen LogP contribution in [-0.2, 0) is 19.2 Å². The standard InChI is InChI=1S/C26H24Cl2F5N3O4/c1-14(2)20(22(38)26(32,33)24(40)34-13-25(29,30)31)36-23(39)21(16-6-4-3-5-7-16)35-19(37)9-8-15-10-17(27)12-18(28)11-15/h3-12,14,20-21H,13H2,1-2H3,(H,34,40)(H,35,37)(H,36,39)/b9-8+/t20-,21-/m0/s1. The normalized spacial score (nSPS) is 13.6. The number of hydrogen-bond donors (Lipinski definition) is 3. The highest BCUT2D eigenvalue weighted by Gasteiger charge is 2.52. The molecular weight excluding hydrogens is 584 g/mol. The fourth-order valence-electron chi connectivity index (χ4n) is 3.35. The molecule has 0 saturated heterocycles. The van der Waals surface area contributed by atoms with E-state index in [1.165, 1.54) is 62.4 Å². The molecule has 0 aliphatic rings. The number of hydrogen-bond acceptors (Lipinski definition) is 4. The van der Waals surface area contributed by atoms with E-state index in [-0.39, 0.29) is 5.56 Å². The molecule has 0 saturated carbocycles. The van der Waals surface area contributed by atoms with E-state index >= 15 is 0 Å². The molecule has 2 aromatic rings. The summed E-state index contributed by atoms with van der Waals surface area (Å²) < 4.78 is 66.1. The van der Waals surface area contributed by atoms with Gasteiger partial charge in [0, 0.05) is 16.1 Å². The highest BCUT2D eigenvalue weighted by Crippen LogP contribution is 2.23. The van der Waals surface area contributed by atoms with Crippen molar-refractivity contribution >= 4 is 52.8 Å². The molecule has 0 heterocycles. The van der Waals surface area contributed by atoms with Crippen molar-refractivity contribution in [3.8, 4) is 0 Å². The van der Waals surface area contributed by atoms with Gasteiger partial charge in [0.1, 0.15) is 12.6 Å². The summed E-state index contributed by atoms with van der Waals surface area (Å²) in [5, 5.41) is 6.09. The molecule has 0 aliphatic heterocycles. The third-order valence-corrected chi connectivity index (χ3v) is 5.72. The molecule has 0 spiro atoms. The van der Waals surface area contributed by atoms with Crippen LogP contribution >= 0.6 is 23.2 Å². The first-order chi connectivity index (χ1) is 18.5. The topological polar surface area (TPSA) is 104 Å². The molecule has 0 bridgehead atoms. The average molecular weight is 608 g/mol. The quantitative estimate of drug-likeness (QED) is 0.192. The third kappa shape index (κ3) is 9.60. The number of carbonyl (C=O) groups excluding carboxylic acids is 4. The van der Waals surface area contributed by atoms with Gasteiger partial charge in [-0.25, -0.2) is 0 Å². The van der Waals surface area contributed by atoms with Gasteiger partial charge in [0.25, 0.3) is 5.91 Å². The molecule has 14 heteroatoms. The number of rotatable bonds is 11. The van der Waals surface area contributed by atoms with Gasteiger partial charge in [0.15, 0.2) is 0 Å². The van der Waals surface area contributed by atoms with Crippen molar-refractivity contribution in [1.29, 1.82) is 0 Å². The summed E-state index contributed by atoms with van der Waals surface area (Å²) in [6.45, 7) is 0.480. The molecular formula is C26H24Cl2F5N3O4. The third-order valence-electron chi connectivity index (χ3n) is 5.28. The fourth-order valence-corrected chi connectivity index (χ4v) is 3.89. The SMILES string of the molecule is CC(C)[C@H](NC(=O)[C@@H](NC(=O)/C=C/c1cc(Cl)cc(Cl)c1)c1ccccc1)C(=O)C(F)(F)C(=O)NCC(F)(F)F. The van der Waals surface area contributed by atoms with Gasteiger partial charge in [-0.2, -0.15) is 22.0 Å². The molecule has 0 radical (unpaired) electrons. The summed E-state index contributed by atoms with van der Waals surface area (Å²) in [7, 11) is 0. The maximum absolute atomic E-state index is 14.5. The number of carbonyl (C=O) groups is 4. The largest absolute Gasteiger partial charge is 0.405 e. The Balaban J connectivity index is 2.27. The second-order valence-corrected chi connectivity index (χ2v) is 9.73. The van der Waals surface area contributed by atoms with E-state index in [0.717, 1.165) is 11.4 Å². The van der Waals surface area contributed by atoms with E-state index in [0.29, 0.717) is 15.6 Å². The Kier molecular flexibility index (Phi) is 11.2. The Hall–Kier alpha value is -3.51. The number of halogens is 7. The number of amides is 3. The summed E-state index contributed by atoms with van der Waals surface area (Å²) in [4.78, 5) is 50.1. The van der Waals surface area contributed by atoms with Gasteiger partial charge in [-0.1, -0.05) is 67.4 Å². The minimum absolute atomic E-state index is 0.220. The number of nitrogens with one attached hydrogen (secondary N) is 3. The number of ketones is 1. The van der Waals surface area contributed by atoms with E-state index in [1.54, 1.807) is 6.07 Å². The van der Waals surface area contributed by atoms with Crippen LogP contribution in [0.25, 0.3) is 6.08 Å². The summed E-state index contributed by atoms with van der Waals surface area (Å²) in [5.41, 5.74) is 0.682. The van der Waals surface area contributed by atoms with Crippen molar-refractivity contribution in [3.63, 3.8) is 0 Å². The molecule has 0 aromatic heterocycles. The van der Waals surface area contributed by atoms with Crippen molar-refractivity contribution in [3.05, 3.63) is 75.8 Å². The predicted octanol–water partition coefficient (Wildman–Crippen LogP) is 4.89. The first kappa shape index (κ1) is 32.7. The summed E-state index contributed by atoms with van der Waals surface area (Å²) >= 11 is 11.9. The van der Waals surface area contributed by atoms with Crippen LogP contribution in [0.1, 0.15) is 31.0 Å². The zero-order chi connectivity index (χ0) is 30.3. The Labute approximate surface area is 236 Å². The van der Waals surface area contributed by atoms with E-state index in [4.69, 9.17) is 23.2 Å². The second-order valence-electron chi connectivity index (χ2n) is 8.86. The second kappa shape index (κ2) is 13.7. The molecule has 40 heavy (non-hydrogen) atoms. The lowest BCUT2D eigenvalue weighted by atomic mass is 9.94. The van der Waals surface area contributed by atoms with Crippen molar-refractivity contribution in [2.45, 2.75) is 38.0 Å². The monoisotopic (exact) mass is 607 g/mol. The van der Waals surface area contributed by atoms with Gasteiger partial charge in [-0.05, 0) is 41.3 Å². The van der Waals surface area contributed by atoms with Gasteiger partial charge >= 0.3 is 12.1 Å². The van der Waals surface area contributed by atoms with Crippen LogP contribution in [0.2, 0.25) is 10.0 Å². The maximum Gasteiger partial charge on any atom is 0.405 e. The Morgan fingerprint density at radius 1 is 0.900 bits per heavy atom. The predicted molar refractivity (Wildman–Crippen MR) is 139 cm³/mol. The molecule has 2 atom stereocenters. The molecule has 3 amide bonds. The summed E-state index contributed by atoms with van der Waals surface area (Å²) in [6.07, 6.45) is -2.57. The fraction of sp³-hybridized carbons (Fsp3) is 0.308. The van der Waals surface area contributed by atoms with Gasteiger partial charge in [-0.3, -0.25) is 19.2 Å². The summed E-state index contributed by atoms with van der Waals surface area (Å²) in [5.74, 6) is -12.4. The molecule has 0 unspecified atom stereocenters. The number of benzene rings is 2. The minimum atomic E-state index is -4.99. The molecule has 7 nitrogen and oxygen atoms in total. The lowest BCUT2D eigenvalue weighted by Crippen LogP contribution is -2.58. The average Bonchev–Trinajstić information content (AvgIpc) is 2.86. The van der Waals surface area contributed by atoms with Crippen LogP contribution in [0.3, 0.4) is 0 Å². The van der Waals surface area contributed by atoms with Gasteiger partial charge in [-0.15, -0.1) is 0 Å². The van der Waals surface area contributed by atoms with Gasteiger partial charge in [0.05, 0.1) is 6.04 Å². The first-order valence-corrected chi connectivity index (χ1v) is 12.3. The molecule has 2 rings (SSSR count). The zero-order valence-electron chi connectivity index (χ0n) is 21.0. The van der Waals surface area contributed by atoms with Crippen molar-refractivity contribution in [1.82, 2.24) is 16.0 Å². The molecule has 0 aliphatic carbocycles.